The van der Waals surface area contributed by atoms with E-state index in [1.165, 1.54) is 0 Å². The summed E-state index contributed by atoms with van der Waals surface area (Å²) in [5.74, 6) is 1.70. The lowest BCUT2D eigenvalue weighted by atomic mass is 10.2. The number of H-pyrrole nitrogens is 2. The number of rotatable bonds is 4. The van der Waals surface area contributed by atoms with Crippen molar-refractivity contribution in [1.82, 2.24) is 30.4 Å². The van der Waals surface area contributed by atoms with Crippen molar-refractivity contribution in [3.05, 3.63) is 60.7 Å². The zero-order chi connectivity index (χ0) is 16.2. The highest BCUT2D eigenvalue weighted by molar-refractivity contribution is 5.56. The van der Waals surface area contributed by atoms with E-state index < -0.39 is 0 Å². The Bertz CT molecular complexity index is 876. The molecule has 0 aliphatic heterocycles. The molecule has 2 aromatic heterocycles. The summed E-state index contributed by atoms with van der Waals surface area (Å²) in [6.45, 7) is 0. The minimum absolute atomic E-state index is 0.222. The topological polar surface area (TPSA) is 108 Å². The third-order valence-corrected chi connectivity index (χ3v) is 3.27. The molecule has 0 unspecified atom stereocenters. The predicted molar refractivity (Wildman–Crippen MR) is 87.8 cm³/mol. The van der Waals surface area contributed by atoms with Crippen molar-refractivity contribution >= 4 is 11.9 Å². The first-order chi connectivity index (χ1) is 11.9. The van der Waals surface area contributed by atoms with Crippen LogP contribution >= 0.6 is 0 Å². The van der Waals surface area contributed by atoms with Gasteiger partial charge in [0, 0.05) is 11.1 Å². The lowest BCUT2D eigenvalue weighted by molar-refractivity contribution is 1.01. The highest BCUT2D eigenvalue weighted by Crippen LogP contribution is 2.19. The van der Waals surface area contributed by atoms with Crippen molar-refractivity contribution in [1.29, 1.82) is 0 Å². The summed E-state index contributed by atoms with van der Waals surface area (Å²) in [6, 6.07) is 19.3. The van der Waals surface area contributed by atoms with Gasteiger partial charge < -0.3 is 0 Å². The fourth-order valence-corrected chi connectivity index (χ4v) is 2.14. The molecule has 116 valence electrons. The molecular weight excluding hydrogens is 304 g/mol. The van der Waals surface area contributed by atoms with Gasteiger partial charge in [0.15, 0.2) is 11.6 Å². The van der Waals surface area contributed by atoms with Crippen molar-refractivity contribution in [2.24, 2.45) is 10.2 Å². The van der Waals surface area contributed by atoms with Crippen LogP contribution in [0.3, 0.4) is 0 Å². The van der Waals surface area contributed by atoms with Crippen molar-refractivity contribution in [2.75, 3.05) is 0 Å². The van der Waals surface area contributed by atoms with Crippen LogP contribution in [0.15, 0.2) is 70.9 Å². The summed E-state index contributed by atoms with van der Waals surface area (Å²) in [5, 5.41) is 21.6. The van der Waals surface area contributed by atoms with Crippen LogP contribution < -0.4 is 0 Å². The fraction of sp³-hybridized carbons (Fsp3) is 0. The molecule has 0 radical (unpaired) electrons. The van der Waals surface area contributed by atoms with E-state index in [0.29, 0.717) is 11.6 Å². The zero-order valence-corrected chi connectivity index (χ0v) is 12.5. The number of aromatic nitrogens is 6. The first kappa shape index (κ1) is 13.9. The van der Waals surface area contributed by atoms with Gasteiger partial charge in [-0.15, -0.1) is 20.4 Å². The van der Waals surface area contributed by atoms with Crippen LogP contribution in [-0.2, 0) is 0 Å². The summed E-state index contributed by atoms with van der Waals surface area (Å²) >= 11 is 0. The van der Waals surface area contributed by atoms with Gasteiger partial charge in [0.05, 0.1) is 0 Å². The van der Waals surface area contributed by atoms with Crippen molar-refractivity contribution in [3.8, 4) is 22.8 Å². The second-order valence-corrected chi connectivity index (χ2v) is 4.90. The fourth-order valence-electron chi connectivity index (χ4n) is 2.14. The van der Waals surface area contributed by atoms with Gasteiger partial charge >= 0.3 is 0 Å². The molecule has 0 saturated heterocycles. The average molecular weight is 316 g/mol. The third kappa shape index (κ3) is 2.93. The Kier molecular flexibility index (Phi) is 3.61. The molecule has 0 bridgehead atoms. The molecule has 0 atom stereocenters. The molecule has 0 saturated carbocycles. The molecule has 8 heteroatoms. The molecule has 2 aromatic carbocycles. The van der Waals surface area contributed by atoms with Crippen LogP contribution in [0.4, 0.5) is 11.9 Å². The van der Waals surface area contributed by atoms with Gasteiger partial charge in [0.2, 0.25) is 0 Å². The number of benzene rings is 2. The van der Waals surface area contributed by atoms with E-state index in [-0.39, 0.29) is 11.9 Å². The molecule has 4 rings (SSSR count). The molecule has 0 aliphatic rings. The van der Waals surface area contributed by atoms with E-state index in [4.69, 9.17) is 0 Å². The number of hydrogen-bond donors (Lipinski definition) is 2. The number of nitrogens with zero attached hydrogens (tertiary/aromatic N) is 6. The van der Waals surface area contributed by atoms with Crippen LogP contribution in [0.25, 0.3) is 22.8 Å². The maximum atomic E-state index is 4.27. The Labute approximate surface area is 136 Å². The van der Waals surface area contributed by atoms with Crippen LogP contribution in [0, 0.1) is 0 Å². The van der Waals surface area contributed by atoms with Crippen molar-refractivity contribution in [2.45, 2.75) is 0 Å². The van der Waals surface area contributed by atoms with Crippen molar-refractivity contribution < 1.29 is 0 Å². The monoisotopic (exact) mass is 316 g/mol. The largest absolute Gasteiger partial charge is 0.287 e. The molecule has 24 heavy (non-hydrogen) atoms. The Balaban J connectivity index is 1.52. The summed E-state index contributed by atoms with van der Waals surface area (Å²) in [4.78, 5) is 8.54. The maximum Gasteiger partial charge on any atom is 0.287 e. The lowest BCUT2D eigenvalue weighted by Crippen LogP contribution is -1.78. The molecule has 0 amide bonds. The zero-order valence-electron chi connectivity index (χ0n) is 12.5. The molecule has 0 fully saturated rings. The van der Waals surface area contributed by atoms with E-state index in [1.807, 2.05) is 60.7 Å². The van der Waals surface area contributed by atoms with Gasteiger partial charge in [-0.3, -0.25) is 10.2 Å². The van der Waals surface area contributed by atoms with Gasteiger partial charge in [0.25, 0.3) is 11.9 Å². The van der Waals surface area contributed by atoms with Gasteiger partial charge in [-0.25, -0.2) is 0 Å². The summed E-state index contributed by atoms with van der Waals surface area (Å²) in [7, 11) is 0. The minimum Gasteiger partial charge on any atom is -0.257 e. The quantitative estimate of drug-likeness (QED) is 0.560. The van der Waals surface area contributed by atoms with Crippen LogP contribution in [0.5, 0.6) is 0 Å². The van der Waals surface area contributed by atoms with E-state index >= 15 is 0 Å². The van der Waals surface area contributed by atoms with Crippen molar-refractivity contribution in [3.63, 3.8) is 0 Å². The second-order valence-electron chi connectivity index (χ2n) is 4.90. The minimum atomic E-state index is 0.222. The van der Waals surface area contributed by atoms with E-state index in [9.17, 15) is 0 Å². The first-order valence-corrected chi connectivity index (χ1v) is 7.26. The molecular formula is C16H12N8. The third-order valence-electron chi connectivity index (χ3n) is 3.27. The standard InChI is InChI=1S/C16H12N8/c1-3-7-11(8-4-1)13-17-15(21-19-13)23-24-16-18-14(20-22-16)12-9-5-2-6-10-12/h1-10H,(H,17,19,21)(H,18,20,22). The normalized spacial score (nSPS) is 11.2. The molecule has 2 N–H and O–H groups in total. The van der Waals surface area contributed by atoms with E-state index in [2.05, 4.69) is 40.6 Å². The summed E-state index contributed by atoms with van der Waals surface area (Å²) < 4.78 is 0. The number of nitrogens with one attached hydrogen (secondary N) is 2. The predicted octanol–water partition coefficient (Wildman–Crippen LogP) is 3.67. The Morgan fingerprint density at radius 1 is 0.583 bits per heavy atom. The smallest absolute Gasteiger partial charge is 0.257 e. The Hall–Kier alpha value is -3.68. The number of aromatic amines is 2. The molecule has 0 spiro atoms. The van der Waals surface area contributed by atoms with E-state index in [1.54, 1.807) is 0 Å². The number of azo groups is 1. The van der Waals surface area contributed by atoms with Gasteiger partial charge in [0.1, 0.15) is 0 Å². The second kappa shape index (κ2) is 6.21. The summed E-state index contributed by atoms with van der Waals surface area (Å²) in [5.41, 5.74) is 1.85. The van der Waals surface area contributed by atoms with Crippen LogP contribution in [0.1, 0.15) is 0 Å². The van der Waals surface area contributed by atoms with Crippen LogP contribution in [0.2, 0.25) is 0 Å². The molecule has 0 aliphatic carbocycles. The molecule has 2 heterocycles. The van der Waals surface area contributed by atoms with Gasteiger partial charge in [-0.05, 0) is 0 Å². The molecule has 4 aromatic rings. The highest BCUT2D eigenvalue weighted by atomic mass is 15.4. The number of hydrogen-bond acceptors (Lipinski definition) is 6. The molecule has 8 nitrogen and oxygen atoms in total. The maximum absolute atomic E-state index is 4.27. The Morgan fingerprint density at radius 2 is 1.00 bits per heavy atom. The first-order valence-electron chi connectivity index (χ1n) is 7.26. The lowest BCUT2D eigenvalue weighted by Gasteiger charge is -1.92. The average Bonchev–Trinajstić information content (AvgIpc) is 3.31. The van der Waals surface area contributed by atoms with Gasteiger partial charge in [-0.1, -0.05) is 60.7 Å². The van der Waals surface area contributed by atoms with Gasteiger partial charge in [-0.2, -0.15) is 9.97 Å². The van der Waals surface area contributed by atoms with Crippen LogP contribution in [-0.4, -0.2) is 30.4 Å². The van der Waals surface area contributed by atoms with E-state index in [0.717, 1.165) is 11.1 Å². The summed E-state index contributed by atoms with van der Waals surface area (Å²) in [6.07, 6.45) is 0. The highest BCUT2D eigenvalue weighted by Gasteiger charge is 2.06. The Morgan fingerprint density at radius 3 is 1.42 bits per heavy atom. The SMILES string of the molecule is c1ccc(-c2nc(N=Nc3n[nH]c(-c4ccccc4)n3)n[nH]2)cc1.